The number of hydrogen-bond donors (Lipinski definition) is 2. The van der Waals surface area contributed by atoms with Crippen LogP contribution in [0.15, 0.2) is 66.7 Å². The molecule has 0 bridgehead atoms. The molecule has 136 valence electrons. The number of H-pyrrole nitrogens is 1. The first-order valence-electron chi connectivity index (χ1n) is 8.53. The molecule has 1 unspecified atom stereocenters. The van der Waals surface area contributed by atoms with Gasteiger partial charge in [-0.1, -0.05) is 48.0 Å². The number of carboxylic acids is 1. The summed E-state index contributed by atoms with van der Waals surface area (Å²) in [7, 11) is 0. The van der Waals surface area contributed by atoms with Gasteiger partial charge in [-0.05, 0) is 41.5 Å². The van der Waals surface area contributed by atoms with Crippen LogP contribution in [0, 0.1) is 11.3 Å². The van der Waals surface area contributed by atoms with E-state index in [2.05, 4.69) is 16.0 Å². The molecular formula is C22H14ClN3O2. The predicted octanol–water partition coefficient (Wildman–Crippen LogP) is 5.24. The summed E-state index contributed by atoms with van der Waals surface area (Å²) < 4.78 is 0. The first-order valence-corrected chi connectivity index (χ1v) is 8.91. The fourth-order valence-electron chi connectivity index (χ4n) is 3.11. The molecule has 4 rings (SSSR count). The minimum atomic E-state index is -0.979. The standard InChI is InChI=1S/C22H14ClN3O2/c23-17-8-5-14(6-9-17)18(12-24)13-1-3-15(4-2-13)21-25-19-10-7-16(22(27)28)11-20(19)26-21/h1-11,18H,(H,25,26)(H,27,28). The minimum Gasteiger partial charge on any atom is -0.478 e. The molecule has 0 aliphatic rings. The molecule has 0 saturated carbocycles. The molecule has 0 aliphatic heterocycles. The summed E-state index contributed by atoms with van der Waals surface area (Å²) in [5, 5.41) is 19.4. The van der Waals surface area contributed by atoms with Gasteiger partial charge in [-0.25, -0.2) is 9.78 Å². The quantitative estimate of drug-likeness (QED) is 0.501. The SMILES string of the molecule is N#CC(c1ccc(Cl)cc1)c1ccc(-c2nc3ccc(C(=O)O)cc3[nH]2)cc1. The van der Waals surface area contributed by atoms with Gasteiger partial charge in [-0.15, -0.1) is 0 Å². The molecule has 4 aromatic rings. The summed E-state index contributed by atoms with van der Waals surface area (Å²) >= 11 is 5.93. The average Bonchev–Trinajstić information content (AvgIpc) is 3.14. The fraction of sp³-hybridized carbons (Fsp3) is 0.0455. The molecule has 1 aromatic heterocycles. The molecular weight excluding hydrogens is 374 g/mol. The Morgan fingerprint density at radius 1 is 1.04 bits per heavy atom. The van der Waals surface area contributed by atoms with Crippen LogP contribution < -0.4 is 0 Å². The van der Waals surface area contributed by atoms with E-state index in [9.17, 15) is 10.1 Å². The number of aromatic nitrogens is 2. The third-order valence-corrected chi connectivity index (χ3v) is 4.83. The largest absolute Gasteiger partial charge is 0.478 e. The highest BCUT2D eigenvalue weighted by Gasteiger charge is 2.14. The average molecular weight is 388 g/mol. The van der Waals surface area contributed by atoms with Crippen molar-refractivity contribution in [2.45, 2.75) is 5.92 Å². The summed E-state index contributed by atoms with van der Waals surface area (Å²) in [5.74, 6) is -0.726. The van der Waals surface area contributed by atoms with Gasteiger partial charge in [0.05, 0.1) is 28.6 Å². The van der Waals surface area contributed by atoms with Crippen LogP contribution in [0.3, 0.4) is 0 Å². The number of fused-ring (bicyclic) bond motifs is 1. The second kappa shape index (κ2) is 7.18. The highest BCUT2D eigenvalue weighted by atomic mass is 35.5. The van der Waals surface area contributed by atoms with Gasteiger partial charge in [0.25, 0.3) is 0 Å². The Hall–Kier alpha value is -3.62. The van der Waals surface area contributed by atoms with Crippen molar-refractivity contribution in [3.8, 4) is 17.5 Å². The maximum atomic E-state index is 11.1. The monoisotopic (exact) mass is 387 g/mol. The fourth-order valence-corrected chi connectivity index (χ4v) is 3.24. The number of imidazole rings is 1. The Bertz CT molecular complexity index is 1210. The van der Waals surface area contributed by atoms with Crippen molar-refractivity contribution in [3.05, 3.63) is 88.4 Å². The van der Waals surface area contributed by atoms with Gasteiger partial charge < -0.3 is 10.1 Å². The smallest absolute Gasteiger partial charge is 0.335 e. The number of rotatable bonds is 4. The lowest BCUT2D eigenvalue weighted by atomic mass is 9.92. The number of benzene rings is 3. The van der Waals surface area contributed by atoms with Gasteiger partial charge in [0, 0.05) is 10.6 Å². The molecule has 0 spiro atoms. The molecule has 5 nitrogen and oxygen atoms in total. The first-order chi connectivity index (χ1) is 13.5. The molecule has 28 heavy (non-hydrogen) atoms. The Morgan fingerprint density at radius 3 is 2.29 bits per heavy atom. The zero-order chi connectivity index (χ0) is 19.7. The van der Waals surface area contributed by atoms with E-state index in [1.807, 2.05) is 36.4 Å². The van der Waals surface area contributed by atoms with Crippen LogP contribution >= 0.6 is 11.6 Å². The number of nitrogens with one attached hydrogen (secondary N) is 1. The normalized spacial score (nSPS) is 11.9. The van der Waals surface area contributed by atoms with Crippen molar-refractivity contribution < 1.29 is 9.90 Å². The molecule has 2 N–H and O–H groups in total. The van der Waals surface area contributed by atoms with Crippen LogP contribution in [0.1, 0.15) is 27.4 Å². The van der Waals surface area contributed by atoms with E-state index in [-0.39, 0.29) is 11.5 Å². The van der Waals surface area contributed by atoms with E-state index >= 15 is 0 Å². The highest BCUT2D eigenvalue weighted by molar-refractivity contribution is 6.30. The topological polar surface area (TPSA) is 89.8 Å². The maximum absolute atomic E-state index is 11.1. The number of hydrogen-bond acceptors (Lipinski definition) is 3. The molecule has 3 aromatic carbocycles. The molecule has 0 saturated heterocycles. The lowest BCUT2D eigenvalue weighted by Crippen LogP contribution is -1.98. The number of halogens is 1. The lowest BCUT2D eigenvalue weighted by molar-refractivity contribution is 0.0697. The van der Waals surface area contributed by atoms with Crippen LogP contribution in [0.4, 0.5) is 0 Å². The van der Waals surface area contributed by atoms with Crippen molar-refractivity contribution in [1.29, 1.82) is 5.26 Å². The van der Waals surface area contributed by atoms with Gasteiger partial charge in [-0.3, -0.25) is 0 Å². The van der Waals surface area contributed by atoms with Gasteiger partial charge >= 0.3 is 5.97 Å². The van der Waals surface area contributed by atoms with Crippen molar-refractivity contribution >= 4 is 28.6 Å². The summed E-state index contributed by atoms with van der Waals surface area (Å²) in [6.45, 7) is 0. The zero-order valence-corrected chi connectivity index (χ0v) is 15.3. The third-order valence-electron chi connectivity index (χ3n) is 4.58. The second-order valence-electron chi connectivity index (χ2n) is 6.36. The van der Waals surface area contributed by atoms with Crippen LogP contribution in [0.2, 0.25) is 5.02 Å². The van der Waals surface area contributed by atoms with Gasteiger partial charge in [0.1, 0.15) is 5.82 Å². The molecule has 0 fully saturated rings. The van der Waals surface area contributed by atoms with Gasteiger partial charge in [0.2, 0.25) is 0 Å². The van der Waals surface area contributed by atoms with E-state index in [1.54, 1.807) is 24.3 Å². The summed E-state index contributed by atoms with van der Waals surface area (Å²) in [6, 6.07) is 21.9. The van der Waals surface area contributed by atoms with Crippen molar-refractivity contribution in [2.75, 3.05) is 0 Å². The predicted molar refractivity (Wildman–Crippen MR) is 107 cm³/mol. The van der Waals surface area contributed by atoms with Crippen LogP contribution in [0.25, 0.3) is 22.4 Å². The molecule has 0 radical (unpaired) electrons. The first kappa shape index (κ1) is 17.8. The molecule has 0 aliphatic carbocycles. The lowest BCUT2D eigenvalue weighted by Gasteiger charge is -2.10. The number of aromatic amines is 1. The number of carboxylic acid groups (broad SMARTS) is 1. The van der Waals surface area contributed by atoms with Gasteiger partial charge in [0.15, 0.2) is 0 Å². The highest BCUT2D eigenvalue weighted by Crippen LogP contribution is 2.28. The Kier molecular flexibility index (Phi) is 4.56. The number of nitrogens with zero attached hydrogens (tertiary/aromatic N) is 2. The van der Waals surface area contributed by atoms with Crippen LogP contribution in [-0.4, -0.2) is 21.0 Å². The number of aromatic carboxylic acids is 1. The third kappa shape index (κ3) is 3.34. The Balaban J connectivity index is 1.65. The molecule has 1 heterocycles. The molecule has 6 heteroatoms. The van der Waals surface area contributed by atoms with Gasteiger partial charge in [-0.2, -0.15) is 5.26 Å². The van der Waals surface area contributed by atoms with E-state index in [0.29, 0.717) is 21.9 Å². The van der Waals surface area contributed by atoms with Crippen LogP contribution in [0.5, 0.6) is 0 Å². The Labute approximate surface area is 165 Å². The summed E-state index contributed by atoms with van der Waals surface area (Å²) in [6.07, 6.45) is 0. The van der Waals surface area contributed by atoms with E-state index < -0.39 is 5.97 Å². The molecule has 1 atom stereocenters. The second-order valence-corrected chi connectivity index (χ2v) is 6.79. The number of carbonyl (C=O) groups is 1. The maximum Gasteiger partial charge on any atom is 0.335 e. The van der Waals surface area contributed by atoms with E-state index in [0.717, 1.165) is 16.7 Å². The number of nitriles is 1. The summed E-state index contributed by atoms with van der Waals surface area (Å²) in [5.41, 5.74) is 4.17. The zero-order valence-electron chi connectivity index (χ0n) is 14.6. The van der Waals surface area contributed by atoms with Crippen molar-refractivity contribution in [2.24, 2.45) is 0 Å². The summed E-state index contributed by atoms with van der Waals surface area (Å²) in [4.78, 5) is 18.8. The van der Waals surface area contributed by atoms with E-state index in [1.165, 1.54) is 6.07 Å². The molecule has 0 amide bonds. The van der Waals surface area contributed by atoms with E-state index in [4.69, 9.17) is 16.7 Å². The van der Waals surface area contributed by atoms with Crippen molar-refractivity contribution in [3.63, 3.8) is 0 Å². The Morgan fingerprint density at radius 2 is 1.68 bits per heavy atom. The minimum absolute atomic E-state index is 0.206. The van der Waals surface area contributed by atoms with Crippen molar-refractivity contribution in [1.82, 2.24) is 9.97 Å². The van der Waals surface area contributed by atoms with Crippen LogP contribution in [-0.2, 0) is 0 Å².